The van der Waals surface area contributed by atoms with E-state index >= 15 is 0 Å². The molecule has 0 bridgehead atoms. The summed E-state index contributed by atoms with van der Waals surface area (Å²) in [6.07, 6.45) is 5.62. The van der Waals surface area contributed by atoms with Crippen LogP contribution in [0.2, 0.25) is 0 Å². The summed E-state index contributed by atoms with van der Waals surface area (Å²) in [5.74, 6) is 0.511. The van der Waals surface area contributed by atoms with Gasteiger partial charge in [0.1, 0.15) is 10.4 Å². The lowest BCUT2D eigenvalue weighted by Crippen LogP contribution is -2.50. The van der Waals surface area contributed by atoms with Gasteiger partial charge in [0.15, 0.2) is 0 Å². The zero-order chi connectivity index (χ0) is 16.4. The Hall–Kier alpha value is -1.45. The second-order valence-electron chi connectivity index (χ2n) is 7.13. The molecule has 1 saturated carbocycles. The smallest absolute Gasteiger partial charge is 0.243 e. The highest BCUT2D eigenvalue weighted by atomic mass is 32.2. The first kappa shape index (κ1) is 16.9. The van der Waals surface area contributed by atoms with Crippen molar-refractivity contribution in [3.63, 3.8) is 0 Å². The van der Waals surface area contributed by atoms with Gasteiger partial charge in [0, 0.05) is 12.4 Å². The molecular formula is C16H23N3O2S. The predicted molar refractivity (Wildman–Crippen MR) is 84.3 cm³/mol. The standard InChI is InChI=1S/C16H23N3O2S/c1-15(2,3)13-6-8-16(12-17,9-7-13)19-22(20,21)14-5-4-10-18-11-14/h4-5,10-11,13,19H,6-9H2,1-3H3. The van der Waals surface area contributed by atoms with Crippen molar-refractivity contribution in [3.05, 3.63) is 24.5 Å². The molecule has 1 aliphatic rings. The zero-order valence-corrected chi connectivity index (χ0v) is 14.2. The first-order valence-electron chi connectivity index (χ1n) is 7.54. The van der Waals surface area contributed by atoms with Crippen molar-refractivity contribution in [1.29, 1.82) is 5.26 Å². The molecule has 2 rings (SSSR count). The van der Waals surface area contributed by atoms with E-state index in [4.69, 9.17) is 0 Å². The van der Waals surface area contributed by atoms with Gasteiger partial charge in [-0.3, -0.25) is 4.98 Å². The molecule has 1 N–H and O–H groups in total. The highest BCUT2D eigenvalue weighted by Gasteiger charge is 2.41. The SMILES string of the molecule is CC(C)(C)C1CCC(C#N)(NS(=O)(=O)c2cccnc2)CC1. The average Bonchev–Trinajstić information content (AvgIpc) is 2.47. The van der Waals surface area contributed by atoms with Crippen LogP contribution in [0.3, 0.4) is 0 Å². The maximum atomic E-state index is 12.4. The number of pyridine rings is 1. The number of nitrogens with one attached hydrogen (secondary N) is 1. The lowest BCUT2D eigenvalue weighted by atomic mass is 9.68. The minimum Gasteiger partial charge on any atom is -0.263 e. The van der Waals surface area contributed by atoms with Crippen LogP contribution in [0, 0.1) is 22.7 Å². The zero-order valence-electron chi connectivity index (χ0n) is 13.3. The van der Waals surface area contributed by atoms with Crippen molar-refractivity contribution < 1.29 is 8.42 Å². The fourth-order valence-electron chi connectivity index (χ4n) is 3.04. The monoisotopic (exact) mass is 321 g/mol. The van der Waals surface area contributed by atoms with Crippen LogP contribution in [0.5, 0.6) is 0 Å². The van der Waals surface area contributed by atoms with Crippen LogP contribution in [0.15, 0.2) is 29.4 Å². The van der Waals surface area contributed by atoms with E-state index in [-0.39, 0.29) is 10.3 Å². The summed E-state index contributed by atoms with van der Waals surface area (Å²) < 4.78 is 27.5. The quantitative estimate of drug-likeness (QED) is 0.928. The Kier molecular flexibility index (Phi) is 4.59. The van der Waals surface area contributed by atoms with Gasteiger partial charge in [-0.05, 0) is 49.1 Å². The molecule has 120 valence electrons. The van der Waals surface area contributed by atoms with Crippen molar-refractivity contribution >= 4 is 10.0 Å². The second-order valence-corrected chi connectivity index (χ2v) is 8.81. The molecule has 6 heteroatoms. The van der Waals surface area contributed by atoms with Gasteiger partial charge in [-0.1, -0.05) is 20.8 Å². The van der Waals surface area contributed by atoms with E-state index in [1.165, 1.54) is 18.5 Å². The molecule has 0 aromatic carbocycles. The minimum atomic E-state index is -3.72. The molecule has 22 heavy (non-hydrogen) atoms. The topological polar surface area (TPSA) is 82.9 Å². The van der Waals surface area contributed by atoms with Crippen molar-refractivity contribution in [2.75, 3.05) is 0 Å². The third-order valence-corrected chi connectivity index (χ3v) is 6.07. The van der Waals surface area contributed by atoms with Crippen LogP contribution in [0.25, 0.3) is 0 Å². The van der Waals surface area contributed by atoms with Crippen molar-refractivity contribution in [3.8, 4) is 6.07 Å². The summed E-state index contributed by atoms with van der Waals surface area (Å²) in [5, 5.41) is 9.55. The van der Waals surface area contributed by atoms with Crippen molar-refractivity contribution in [2.45, 2.75) is 56.9 Å². The summed E-state index contributed by atoms with van der Waals surface area (Å²) in [4.78, 5) is 3.93. The highest BCUT2D eigenvalue weighted by Crippen LogP contribution is 2.41. The molecule has 0 spiro atoms. The molecule has 0 atom stereocenters. The number of hydrogen-bond acceptors (Lipinski definition) is 4. The summed E-state index contributed by atoms with van der Waals surface area (Å²) in [6, 6.07) is 5.27. The van der Waals surface area contributed by atoms with Gasteiger partial charge in [0.25, 0.3) is 0 Å². The summed E-state index contributed by atoms with van der Waals surface area (Å²) >= 11 is 0. The largest absolute Gasteiger partial charge is 0.263 e. The number of aromatic nitrogens is 1. The lowest BCUT2D eigenvalue weighted by Gasteiger charge is -2.40. The van der Waals surface area contributed by atoms with Crippen LogP contribution in [0.4, 0.5) is 0 Å². The second kappa shape index (κ2) is 5.98. The molecule has 0 unspecified atom stereocenters. The number of nitrogens with zero attached hydrogens (tertiary/aromatic N) is 2. The first-order chi connectivity index (χ1) is 10.2. The van der Waals surface area contributed by atoms with Crippen LogP contribution >= 0.6 is 0 Å². The summed E-state index contributed by atoms with van der Waals surface area (Å²) in [5.41, 5.74) is -0.819. The molecule has 1 fully saturated rings. The Morgan fingerprint density at radius 1 is 1.36 bits per heavy atom. The summed E-state index contributed by atoms with van der Waals surface area (Å²) in [7, 11) is -3.72. The fourth-order valence-corrected chi connectivity index (χ4v) is 4.37. The molecular weight excluding hydrogens is 298 g/mol. The molecule has 1 aliphatic carbocycles. The lowest BCUT2D eigenvalue weighted by molar-refractivity contribution is 0.147. The van der Waals surface area contributed by atoms with Gasteiger partial charge >= 0.3 is 0 Å². The molecule has 5 nitrogen and oxygen atoms in total. The Bertz CT molecular complexity index is 649. The van der Waals surface area contributed by atoms with Crippen LogP contribution in [-0.4, -0.2) is 18.9 Å². The van der Waals surface area contributed by atoms with E-state index in [2.05, 4.69) is 36.5 Å². The Labute approximate surface area is 132 Å². The third kappa shape index (κ3) is 3.65. The van der Waals surface area contributed by atoms with Gasteiger partial charge in [0.2, 0.25) is 10.0 Å². The van der Waals surface area contributed by atoms with E-state index < -0.39 is 15.6 Å². The van der Waals surface area contributed by atoms with E-state index in [0.717, 1.165) is 12.8 Å². The van der Waals surface area contributed by atoms with Crippen molar-refractivity contribution in [2.24, 2.45) is 11.3 Å². The number of rotatable bonds is 3. The fraction of sp³-hybridized carbons (Fsp3) is 0.625. The van der Waals surface area contributed by atoms with Crippen molar-refractivity contribution in [1.82, 2.24) is 9.71 Å². The van der Waals surface area contributed by atoms with E-state index in [1.807, 2.05) is 0 Å². The van der Waals surface area contributed by atoms with Gasteiger partial charge in [-0.25, -0.2) is 8.42 Å². The predicted octanol–water partition coefficient (Wildman–Crippen LogP) is 2.86. The van der Waals surface area contributed by atoms with Crippen LogP contribution < -0.4 is 4.72 Å². The maximum Gasteiger partial charge on any atom is 0.243 e. The van der Waals surface area contributed by atoms with Crippen LogP contribution in [0.1, 0.15) is 46.5 Å². The van der Waals surface area contributed by atoms with Crippen LogP contribution in [-0.2, 0) is 10.0 Å². The highest BCUT2D eigenvalue weighted by molar-refractivity contribution is 7.89. The molecule has 1 aromatic rings. The van der Waals surface area contributed by atoms with Gasteiger partial charge in [-0.15, -0.1) is 0 Å². The maximum absolute atomic E-state index is 12.4. The third-order valence-electron chi connectivity index (χ3n) is 4.55. The Morgan fingerprint density at radius 2 is 2.00 bits per heavy atom. The number of hydrogen-bond donors (Lipinski definition) is 1. The normalized spacial score (nSPS) is 26.4. The molecule has 1 heterocycles. The summed E-state index contributed by atoms with van der Waals surface area (Å²) in [6.45, 7) is 6.57. The van der Waals surface area contributed by atoms with Gasteiger partial charge < -0.3 is 0 Å². The Balaban J connectivity index is 2.16. The molecule has 0 saturated heterocycles. The molecule has 0 aliphatic heterocycles. The first-order valence-corrected chi connectivity index (χ1v) is 9.02. The van der Waals surface area contributed by atoms with Gasteiger partial charge in [-0.2, -0.15) is 9.98 Å². The average molecular weight is 321 g/mol. The molecule has 1 aromatic heterocycles. The number of sulfonamides is 1. The molecule has 0 radical (unpaired) electrons. The molecule has 0 amide bonds. The van der Waals surface area contributed by atoms with E-state index in [1.54, 1.807) is 6.07 Å². The minimum absolute atomic E-state index is 0.0996. The van der Waals surface area contributed by atoms with E-state index in [9.17, 15) is 13.7 Å². The number of nitriles is 1. The Morgan fingerprint density at radius 3 is 2.45 bits per heavy atom. The van der Waals surface area contributed by atoms with Gasteiger partial charge in [0.05, 0.1) is 6.07 Å². The van der Waals surface area contributed by atoms with E-state index in [0.29, 0.717) is 18.8 Å².